The Morgan fingerprint density at radius 2 is 1.95 bits per heavy atom. The molecule has 2 aromatic rings. The zero-order valence-electron chi connectivity index (χ0n) is 11.9. The van der Waals surface area contributed by atoms with Crippen molar-refractivity contribution in [2.24, 2.45) is 0 Å². The van der Waals surface area contributed by atoms with Gasteiger partial charge in [-0.25, -0.2) is 4.98 Å². The topological polar surface area (TPSA) is 37.0 Å². The van der Waals surface area contributed by atoms with Crippen LogP contribution in [0.1, 0.15) is 18.1 Å². The highest BCUT2D eigenvalue weighted by atomic mass is 35.5. The molecule has 21 heavy (non-hydrogen) atoms. The summed E-state index contributed by atoms with van der Waals surface area (Å²) in [5.74, 6) is 0.815. The molecule has 0 aliphatic rings. The van der Waals surface area contributed by atoms with E-state index >= 15 is 0 Å². The second-order valence-corrected chi connectivity index (χ2v) is 5.40. The van der Waals surface area contributed by atoms with E-state index in [1.54, 1.807) is 6.20 Å². The van der Waals surface area contributed by atoms with Crippen LogP contribution >= 0.6 is 23.8 Å². The van der Waals surface area contributed by atoms with Crippen molar-refractivity contribution in [2.75, 3.05) is 11.9 Å². The van der Waals surface area contributed by atoms with Gasteiger partial charge in [0.1, 0.15) is 5.82 Å². The monoisotopic (exact) mass is 319 g/mol. The van der Waals surface area contributed by atoms with Gasteiger partial charge in [0.2, 0.25) is 0 Å². The molecule has 1 heterocycles. The van der Waals surface area contributed by atoms with E-state index < -0.39 is 0 Å². The molecular weight excluding hydrogens is 302 g/mol. The number of hydrogen-bond donors (Lipinski definition) is 2. The second kappa shape index (κ2) is 7.96. The lowest BCUT2D eigenvalue weighted by Crippen LogP contribution is -2.30. The molecule has 110 valence electrons. The van der Waals surface area contributed by atoms with Crippen molar-refractivity contribution >= 4 is 34.7 Å². The van der Waals surface area contributed by atoms with Crippen molar-refractivity contribution in [3.8, 4) is 0 Å². The Kier molecular flexibility index (Phi) is 5.96. The van der Waals surface area contributed by atoms with Crippen molar-refractivity contribution < 1.29 is 0 Å². The van der Waals surface area contributed by atoms with Gasteiger partial charge in [-0.15, -0.1) is 0 Å². The lowest BCUT2D eigenvalue weighted by atomic mass is 10.1. The first-order valence-corrected chi connectivity index (χ1v) is 7.71. The highest BCUT2D eigenvalue weighted by Gasteiger charge is 2.04. The molecule has 2 rings (SSSR count). The van der Waals surface area contributed by atoms with Gasteiger partial charge in [0, 0.05) is 17.8 Å². The van der Waals surface area contributed by atoms with Gasteiger partial charge >= 0.3 is 0 Å². The van der Waals surface area contributed by atoms with Crippen LogP contribution in [0.4, 0.5) is 5.82 Å². The minimum Gasteiger partial charge on any atom is -0.362 e. The van der Waals surface area contributed by atoms with Crippen molar-refractivity contribution in [1.82, 2.24) is 10.3 Å². The van der Waals surface area contributed by atoms with E-state index in [0.717, 1.165) is 41.4 Å². The molecule has 0 aliphatic heterocycles. The normalized spacial score (nSPS) is 10.2. The highest BCUT2D eigenvalue weighted by molar-refractivity contribution is 7.80. The zero-order chi connectivity index (χ0) is 15.1. The lowest BCUT2D eigenvalue weighted by Gasteiger charge is -2.12. The summed E-state index contributed by atoms with van der Waals surface area (Å²) >= 11 is 11.4. The standard InChI is InChI=1S/C16H18ClN3S/c1-2-12-7-5-10-18-15(12)20-16(21)19-11-9-13-6-3-4-8-14(13)17/h3-8,10H,2,9,11H2,1H3,(H2,18,19,20,21). The van der Waals surface area contributed by atoms with E-state index in [1.165, 1.54) is 0 Å². The lowest BCUT2D eigenvalue weighted by molar-refractivity contribution is 0.872. The SMILES string of the molecule is CCc1cccnc1NC(=S)NCCc1ccccc1Cl. The van der Waals surface area contributed by atoms with E-state index in [2.05, 4.69) is 22.5 Å². The summed E-state index contributed by atoms with van der Waals surface area (Å²) in [4.78, 5) is 4.31. The van der Waals surface area contributed by atoms with Crippen LogP contribution in [0.2, 0.25) is 5.02 Å². The summed E-state index contributed by atoms with van der Waals surface area (Å²) in [6.45, 7) is 2.82. The molecule has 2 N–H and O–H groups in total. The van der Waals surface area contributed by atoms with Gasteiger partial charge in [-0.1, -0.05) is 42.8 Å². The smallest absolute Gasteiger partial charge is 0.171 e. The summed E-state index contributed by atoms with van der Waals surface area (Å²) in [5.41, 5.74) is 2.26. The fourth-order valence-electron chi connectivity index (χ4n) is 2.00. The van der Waals surface area contributed by atoms with Crippen LogP contribution in [0.15, 0.2) is 42.6 Å². The number of thiocarbonyl (C=S) groups is 1. The number of anilines is 1. The van der Waals surface area contributed by atoms with Crippen LogP contribution in [-0.2, 0) is 12.8 Å². The molecule has 3 nitrogen and oxygen atoms in total. The zero-order valence-corrected chi connectivity index (χ0v) is 13.5. The Morgan fingerprint density at radius 3 is 2.71 bits per heavy atom. The molecule has 1 aromatic heterocycles. The second-order valence-electron chi connectivity index (χ2n) is 4.59. The summed E-state index contributed by atoms with van der Waals surface area (Å²) in [7, 11) is 0. The van der Waals surface area contributed by atoms with Gasteiger partial charge in [0.05, 0.1) is 0 Å². The van der Waals surface area contributed by atoms with E-state index in [1.807, 2.05) is 36.4 Å². The van der Waals surface area contributed by atoms with Crippen LogP contribution < -0.4 is 10.6 Å². The number of halogens is 1. The quantitative estimate of drug-likeness (QED) is 0.821. The van der Waals surface area contributed by atoms with Gasteiger partial charge in [0.25, 0.3) is 0 Å². The predicted molar refractivity (Wildman–Crippen MR) is 93.0 cm³/mol. The summed E-state index contributed by atoms with van der Waals surface area (Å²) in [6, 6.07) is 11.8. The average Bonchev–Trinajstić information content (AvgIpc) is 2.50. The number of aromatic nitrogens is 1. The molecule has 0 atom stereocenters. The minimum atomic E-state index is 0.579. The Hall–Kier alpha value is -1.65. The Balaban J connectivity index is 1.84. The molecule has 0 saturated heterocycles. The average molecular weight is 320 g/mol. The molecule has 0 spiro atoms. The predicted octanol–water partition coefficient (Wildman–Crippen LogP) is 3.83. The fraction of sp³-hybridized carbons (Fsp3) is 0.250. The number of hydrogen-bond acceptors (Lipinski definition) is 2. The van der Waals surface area contributed by atoms with E-state index in [4.69, 9.17) is 23.8 Å². The number of nitrogens with one attached hydrogen (secondary N) is 2. The maximum atomic E-state index is 6.12. The van der Waals surface area contributed by atoms with Crippen LogP contribution in [0.25, 0.3) is 0 Å². The van der Waals surface area contributed by atoms with Gasteiger partial charge in [-0.05, 0) is 48.3 Å². The Labute approximate surface area is 135 Å². The van der Waals surface area contributed by atoms with Gasteiger partial charge < -0.3 is 10.6 Å². The van der Waals surface area contributed by atoms with E-state index in [9.17, 15) is 0 Å². The molecule has 0 fully saturated rings. The summed E-state index contributed by atoms with van der Waals surface area (Å²) in [5, 5.41) is 7.69. The number of aryl methyl sites for hydroxylation is 1. The molecule has 0 amide bonds. The van der Waals surface area contributed by atoms with E-state index in [0.29, 0.717) is 5.11 Å². The molecule has 0 bridgehead atoms. The molecule has 1 aromatic carbocycles. The van der Waals surface area contributed by atoms with Crippen LogP contribution in [0.3, 0.4) is 0 Å². The number of rotatable bonds is 5. The maximum absolute atomic E-state index is 6.12. The van der Waals surface area contributed by atoms with Crippen molar-refractivity contribution in [1.29, 1.82) is 0 Å². The minimum absolute atomic E-state index is 0.579. The third-order valence-corrected chi connectivity index (χ3v) is 3.76. The molecule has 0 aliphatic carbocycles. The molecule has 5 heteroatoms. The first-order valence-electron chi connectivity index (χ1n) is 6.93. The number of benzene rings is 1. The Morgan fingerprint density at radius 1 is 1.19 bits per heavy atom. The third-order valence-electron chi connectivity index (χ3n) is 3.14. The molecule has 0 saturated carbocycles. The fourth-order valence-corrected chi connectivity index (χ4v) is 2.43. The van der Waals surface area contributed by atoms with Crippen molar-refractivity contribution in [3.05, 3.63) is 58.7 Å². The Bertz CT molecular complexity index is 616. The van der Waals surface area contributed by atoms with Gasteiger partial charge in [-0.2, -0.15) is 0 Å². The third kappa shape index (κ3) is 4.69. The van der Waals surface area contributed by atoms with Crippen LogP contribution in [0, 0.1) is 0 Å². The molecule has 0 radical (unpaired) electrons. The molecule has 0 unspecified atom stereocenters. The maximum Gasteiger partial charge on any atom is 0.171 e. The summed E-state index contributed by atoms with van der Waals surface area (Å²) in [6.07, 6.45) is 3.50. The molecular formula is C16H18ClN3S. The first-order chi connectivity index (χ1) is 10.2. The van der Waals surface area contributed by atoms with Crippen molar-refractivity contribution in [3.63, 3.8) is 0 Å². The van der Waals surface area contributed by atoms with Gasteiger partial charge in [0.15, 0.2) is 5.11 Å². The first kappa shape index (κ1) is 15.7. The van der Waals surface area contributed by atoms with Crippen molar-refractivity contribution in [2.45, 2.75) is 19.8 Å². The number of nitrogens with zero attached hydrogens (tertiary/aromatic N) is 1. The largest absolute Gasteiger partial charge is 0.362 e. The summed E-state index contributed by atoms with van der Waals surface area (Å²) < 4.78 is 0. The van der Waals surface area contributed by atoms with Crippen LogP contribution in [0.5, 0.6) is 0 Å². The highest BCUT2D eigenvalue weighted by Crippen LogP contribution is 2.15. The van der Waals surface area contributed by atoms with Gasteiger partial charge in [-0.3, -0.25) is 0 Å². The van der Waals surface area contributed by atoms with Crippen LogP contribution in [-0.4, -0.2) is 16.6 Å². The van der Waals surface area contributed by atoms with E-state index in [-0.39, 0.29) is 0 Å². The number of pyridine rings is 1.